The summed E-state index contributed by atoms with van der Waals surface area (Å²) in [5.41, 5.74) is 1.82. The Morgan fingerprint density at radius 3 is 2.81 bits per heavy atom. The number of anilines is 1. The van der Waals surface area contributed by atoms with Gasteiger partial charge in [-0.2, -0.15) is 0 Å². The van der Waals surface area contributed by atoms with Gasteiger partial charge in [0.05, 0.1) is 30.1 Å². The predicted octanol–water partition coefficient (Wildman–Crippen LogP) is 3.11. The van der Waals surface area contributed by atoms with Crippen molar-refractivity contribution >= 4 is 23.4 Å². The summed E-state index contributed by atoms with van der Waals surface area (Å²) in [6, 6.07) is 17.4. The van der Waals surface area contributed by atoms with E-state index in [1.165, 1.54) is 11.8 Å². The Morgan fingerprint density at radius 1 is 1.13 bits per heavy atom. The molecular weight excluding hydrogens is 414 g/mol. The number of para-hydroxylation sites is 2. The monoisotopic (exact) mass is 437 g/mol. The topological polar surface area (TPSA) is 82.4 Å². The van der Waals surface area contributed by atoms with E-state index in [1.54, 1.807) is 4.68 Å². The number of thioether (sulfide) groups is 1. The van der Waals surface area contributed by atoms with E-state index < -0.39 is 0 Å². The third-order valence-corrected chi connectivity index (χ3v) is 6.45. The number of hydrogen-bond acceptors (Lipinski definition) is 7. The first-order valence-corrected chi connectivity index (χ1v) is 11.4. The molecule has 2 atom stereocenters. The van der Waals surface area contributed by atoms with Gasteiger partial charge < -0.3 is 9.47 Å². The highest BCUT2D eigenvalue weighted by atomic mass is 32.2. The number of hydrogen-bond donors (Lipinski definition) is 0. The van der Waals surface area contributed by atoms with Crippen molar-refractivity contribution in [3.63, 3.8) is 0 Å². The summed E-state index contributed by atoms with van der Waals surface area (Å²) in [5, 5.41) is 12.6. The molecule has 3 aromatic rings. The molecule has 160 valence electrons. The summed E-state index contributed by atoms with van der Waals surface area (Å²) in [6.07, 6.45) is 2.20. The Morgan fingerprint density at radius 2 is 1.97 bits per heavy atom. The minimum Gasteiger partial charge on any atom is -0.489 e. The Balaban J connectivity index is 1.35. The molecule has 0 spiro atoms. The zero-order chi connectivity index (χ0) is 21.0. The highest BCUT2D eigenvalue weighted by Gasteiger charge is 2.33. The van der Waals surface area contributed by atoms with Gasteiger partial charge >= 0.3 is 0 Å². The van der Waals surface area contributed by atoms with Crippen LogP contribution in [0.2, 0.25) is 0 Å². The van der Waals surface area contributed by atoms with Crippen LogP contribution in [0, 0.1) is 0 Å². The van der Waals surface area contributed by atoms with E-state index in [-0.39, 0.29) is 23.8 Å². The van der Waals surface area contributed by atoms with Crippen molar-refractivity contribution in [1.82, 2.24) is 20.2 Å². The standard InChI is InChI=1S/C22H23N5O3S/c28-21(15-31-22-23-24-25-26(22)13-17-9-6-12-29-17)27-18-10-4-5-11-20(18)30-14-19(27)16-7-2-1-3-8-16/h1-5,7-8,10-11,17,19H,6,9,12-15H2/t17-,19+/m0/s1. The van der Waals surface area contributed by atoms with Crippen molar-refractivity contribution in [2.45, 2.75) is 36.7 Å². The number of tetrazole rings is 1. The van der Waals surface area contributed by atoms with Crippen molar-refractivity contribution in [3.8, 4) is 5.75 Å². The summed E-state index contributed by atoms with van der Waals surface area (Å²) in [4.78, 5) is 15.3. The first kappa shape index (κ1) is 20.0. The van der Waals surface area contributed by atoms with E-state index >= 15 is 0 Å². The fourth-order valence-corrected chi connectivity index (χ4v) is 4.76. The lowest BCUT2D eigenvalue weighted by Crippen LogP contribution is -2.42. The Bertz CT molecular complexity index is 1040. The number of ether oxygens (including phenoxy) is 2. The molecule has 2 aliphatic heterocycles. The van der Waals surface area contributed by atoms with Gasteiger partial charge in [-0.15, -0.1) is 5.10 Å². The molecule has 1 fully saturated rings. The largest absolute Gasteiger partial charge is 0.489 e. The number of carbonyl (C=O) groups is 1. The lowest BCUT2D eigenvalue weighted by Gasteiger charge is -2.37. The van der Waals surface area contributed by atoms with Crippen LogP contribution < -0.4 is 9.64 Å². The average molecular weight is 438 g/mol. The van der Waals surface area contributed by atoms with E-state index in [0.717, 1.165) is 36.4 Å². The van der Waals surface area contributed by atoms with Gasteiger partial charge in [-0.1, -0.05) is 54.2 Å². The van der Waals surface area contributed by atoms with E-state index in [0.29, 0.717) is 18.3 Å². The second-order valence-electron chi connectivity index (χ2n) is 7.54. The SMILES string of the molecule is O=C(CSc1nnnn1C[C@@H]1CCCO1)N1c2ccccc2OC[C@@H]1c1ccccc1. The maximum absolute atomic E-state index is 13.4. The van der Waals surface area contributed by atoms with Crippen molar-refractivity contribution < 1.29 is 14.3 Å². The molecule has 9 heteroatoms. The van der Waals surface area contributed by atoms with Crippen LogP contribution in [0.4, 0.5) is 5.69 Å². The Hall–Kier alpha value is -2.91. The van der Waals surface area contributed by atoms with Crippen LogP contribution >= 0.6 is 11.8 Å². The van der Waals surface area contributed by atoms with Crippen LogP contribution in [0.25, 0.3) is 0 Å². The van der Waals surface area contributed by atoms with E-state index in [2.05, 4.69) is 15.5 Å². The fourth-order valence-electron chi connectivity index (χ4n) is 4.01. The molecule has 1 saturated heterocycles. The molecule has 0 saturated carbocycles. The number of nitrogens with zero attached hydrogens (tertiary/aromatic N) is 5. The minimum atomic E-state index is -0.188. The van der Waals surface area contributed by atoms with Gasteiger partial charge in [-0.3, -0.25) is 9.69 Å². The summed E-state index contributed by atoms with van der Waals surface area (Å²) in [6.45, 7) is 1.80. The zero-order valence-corrected chi connectivity index (χ0v) is 17.8. The normalized spacial score (nSPS) is 20.3. The molecule has 0 radical (unpaired) electrons. The Labute approximate surface area is 184 Å². The number of fused-ring (bicyclic) bond motifs is 1. The van der Waals surface area contributed by atoms with Crippen LogP contribution in [0.3, 0.4) is 0 Å². The molecule has 0 unspecified atom stereocenters. The highest BCUT2D eigenvalue weighted by Crippen LogP contribution is 2.39. The summed E-state index contributed by atoms with van der Waals surface area (Å²) >= 11 is 1.35. The van der Waals surface area contributed by atoms with Gasteiger partial charge in [0.1, 0.15) is 12.4 Å². The van der Waals surface area contributed by atoms with Crippen LogP contribution in [0.15, 0.2) is 59.8 Å². The number of benzene rings is 2. The maximum atomic E-state index is 13.4. The van der Waals surface area contributed by atoms with Gasteiger partial charge in [0.2, 0.25) is 11.1 Å². The van der Waals surface area contributed by atoms with Gasteiger partial charge in [-0.05, 0) is 41.0 Å². The molecule has 0 N–H and O–H groups in total. The Kier molecular flexibility index (Phi) is 5.86. The second kappa shape index (κ2) is 9.07. The molecule has 0 bridgehead atoms. The van der Waals surface area contributed by atoms with Crippen LogP contribution in [-0.4, -0.2) is 51.2 Å². The van der Waals surface area contributed by atoms with Crippen molar-refractivity contribution in [2.24, 2.45) is 0 Å². The van der Waals surface area contributed by atoms with Gasteiger partial charge in [-0.25, -0.2) is 4.68 Å². The van der Waals surface area contributed by atoms with Crippen LogP contribution in [0.5, 0.6) is 5.75 Å². The number of carbonyl (C=O) groups excluding carboxylic acids is 1. The highest BCUT2D eigenvalue weighted by molar-refractivity contribution is 7.99. The molecule has 1 amide bonds. The van der Waals surface area contributed by atoms with Crippen molar-refractivity contribution in [2.75, 3.05) is 23.9 Å². The quantitative estimate of drug-likeness (QED) is 0.548. The summed E-state index contributed by atoms with van der Waals surface area (Å²) < 4.78 is 13.4. The third-order valence-electron chi connectivity index (χ3n) is 5.51. The van der Waals surface area contributed by atoms with Gasteiger partial charge in [0.25, 0.3) is 0 Å². The number of rotatable bonds is 6. The molecule has 1 aromatic heterocycles. The van der Waals surface area contributed by atoms with E-state index in [9.17, 15) is 4.79 Å². The maximum Gasteiger partial charge on any atom is 0.238 e. The van der Waals surface area contributed by atoms with Gasteiger partial charge in [0.15, 0.2) is 0 Å². The predicted molar refractivity (Wildman–Crippen MR) is 116 cm³/mol. The lowest BCUT2D eigenvalue weighted by atomic mass is 10.0. The number of amides is 1. The number of aromatic nitrogens is 4. The smallest absolute Gasteiger partial charge is 0.238 e. The summed E-state index contributed by atoms with van der Waals surface area (Å²) in [5.74, 6) is 0.932. The molecule has 5 rings (SSSR count). The first-order valence-electron chi connectivity index (χ1n) is 10.4. The van der Waals surface area contributed by atoms with E-state index in [4.69, 9.17) is 9.47 Å². The minimum absolute atomic E-state index is 0.0127. The van der Waals surface area contributed by atoms with Crippen LogP contribution in [-0.2, 0) is 16.1 Å². The zero-order valence-electron chi connectivity index (χ0n) is 17.0. The molecule has 2 aromatic carbocycles. The first-order chi connectivity index (χ1) is 15.3. The molecule has 0 aliphatic carbocycles. The van der Waals surface area contributed by atoms with Crippen molar-refractivity contribution in [1.29, 1.82) is 0 Å². The molecule has 2 aliphatic rings. The third kappa shape index (κ3) is 4.28. The summed E-state index contributed by atoms with van der Waals surface area (Å²) in [7, 11) is 0. The molecule has 31 heavy (non-hydrogen) atoms. The molecule has 8 nitrogen and oxygen atoms in total. The van der Waals surface area contributed by atoms with E-state index in [1.807, 2.05) is 59.5 Å². The molecular formula is C22H23N5O3S. The van der Waals surface area contributed by atoms with Gasteiger partial charge in [0, 0.05) is 6.61 Å². The average Bonchev–Trinajstić information content (AvgIpc) is 3.50. The second-order valence-corrected chi connectivity index (χ2v) is 8.48. The molecule has 3 heterocycles. The van der Waals surface area contributed by atoms with Crippen molar-refractivity contribution in [3.05, 3.63) is 60.2 Å². The fraction of sp³-hybridized carbons (Fsp3) is 0.364. The lowest BCUT2D eigenvalue weighted by molar-refractivity contribution is -0.117. The van der Waals surface area contributed by atoms with Crippen LogP contribution in [0.1, 0.15) is 24.4 Å².